The molecule has 8 atom stereocenters. The second-order valence-corrected chi connectivity index (χ2v) is 12.5. The fourth-order valence-corrected chi connectivity index (χ4v) is 9.23. The molecule has 190 valence electrons. The first-order valence-corrected chi connectivity index (χ1v) is 13.1. The first-order valence-electron chi connectivity index (χ1n) is 13.1. The smallest absolute Gasteiger partial charge is 0.338 e. The third kappa shape index (κ3) is 3.46. The minimum atomic E-state index is -0.958. The van der Waals surface area contributed by atoms with Gasteiger partial charge in [-0.2, -0.15) is 0 Å². The zero-order valence-electron chi connectivity index (χ0n) is 21.3. The summed E-state index contributed by atoms with van der Waals surface area (Å²) >= 11 is 0. The minimum absolute atomic E-state index is 0.0319. The number of hydrogen-bond donors (Lipinski definition) is 1. The average Bonchev–Trinajstić information content (AvgIpc) is 3.12. The minimum Gasteiger partial charge on any atom is -0.481 e. The lowest BCUT2D eigenvalue weighted by Crippen LogP contribution is -2.66. The van der Waals surface area contributed by atoms with E-state index in [1.807, 2.05) is 25.1 Å². The van der Waals surface area contributed by atoms with Gasteiger partial charge in [0.1, 0.15) is 12.2 Å². The van der Waals surface area contributed by atoms with E-state index >= 15 is 0 Å². The molecule has 0 aromatic heterocycles. The van der Waals surface area contributed by atoms with Gasteiger partial charge in [-0.1, -0.05) is 38.5 Å². The molecule has 1 aromatic rings. The molecule has 6 heteroatoms. The summed E-state index contributed by atoms with van der Waals surface area (Å²) in [7, 11) is 0. The fraction of sp³-hybridized carbons (Fsp3) is 0.690. The van der Waals surface area contributed by atoms with Crippen molar-refractivity contribution in [1.82, 2.24) is 0 Å². The molecule has 4 aliphatic rings. The quantitative estimate of drug-likeness (QED) is 0.559. The topological polar surface area (TPSA) is 89.9 Å². The standard InChI is InChI=1S/C29H38O6/c1-18(30)34-22-16-20-15-21(35-24(31)19-9-6-5-7-10-19)23-27(3,25(32)33)11-8-12-28(23,4)29(20)14-13-26(22,2)17-29/h5-7,9-10,20-23H,8,11-17H2,1-4H3,(H,32,33)/t20?,21-,22-,23+,26-,27-,28+,29+/m1/s1. The second-order valence-electron chi connectivity index (χ2n) is 12.5. The Balaban J connectivity index is 1.58. The molecule has 2 bridgehead atoms. The van der Waals surface area contributed by atoms with Crippen molar-refractivity contribution < 1.29 is 29.0 Å². The van der Waals surface area contributed by atoms with Crippen molar-refractivity contribution in [2.24, 2.45) is 33.5 Å². The highest BCUT2D eigenvalue weighted by molar-refractivity contribution is 5.89. The van der Waals surface area contributed by atoms with Gasteiger partial charge in [-0.25, -0.2) is 4.79 Å². The summed E-state index contributed by atoms with van der Waals surface area (Å²) in [6, 6.07) is 8.95. The molecule has 35 heavy (non-hydrogen) atoms. The Morgan fingerprint density at radius 1 is 0.943 bits per heavy atom. The molecule has 1 unspecified atom stereocenters. The van der Waals surface area contributed by atoms with E-state index in [1.165, 1.54) is 6.92 Å². The van der Waals surface area contributed by atoms with Crippen LogP contribution in [0.2, 0.25) is 0 Å². The zero-order chi connectivity index (χ0) is 25.2. The van der Waals surface area contributed by atoms with Crippen LogP contribution in [0.1, 0.15) is 89.4 Å². The first-order chi connectivity index (χ1) is 16.5. The van der Waals surface area contributed by atoms with Gasteiger partial charge in [0.05, 0.1) is 11.0 Å². The second kappa shape index (κ2) is 8.07. The van der Waals surface area contributed by atoms with Crippen LogP contribution >= 0.6 is 0 Å². The van der Waals surface area contributed by atoms with Crippen LogP contribution in [0.4, 0.5) is 0 Å². The molecule has 0 saturated heterocycles. The van der Waals surface area contributed by atoms with Crippen LogP contribution < -0.4 is 0 Å². The average molecular weight is 483 g/mol. The molecule has 0 amide bonds. The number of carboxylic acid groups (broad SMARTS) is 1. The SMILES string of the molecule is CC(=O)O[C@@H]1CC2C[C@@H](OC(=O)c3ccccc3)[C@H]3[C@](C)(C(=O)O)CCC[C@]3(C)[C@]23CC[C@]1(C)C3. The molecule has 4 saturated carbocycles. The molecule has 1 spiro atoms. The van der Waals surface area contributed by atoms with Crippen molar-refractivity contribution in [2.75, 3.05) is 0 Å². The van der Waals surface area contributed by atoms with Crippen LogP contribution in [0.25, 0.3) is 0 Å². The Hall–Kier alpha value is -2.37. The van der Waals surface area contributed by atoms with Crippen LogP contribution in [-0.4, -0.2) is 35.2 Å². The molecular formula is C29H38O6. The fourth-order valence-electron chi connectivity index (χ4n) is 9.23. The van der Waals surface area contributed by atoms with Crippen LogP contribution in [0.15, 0.2) is 30.3 Å². The number of aliphatic carboxylic acids is 1. The lowest BCUT2D eigenvalue weighted by atomic mass is 9.37. The number of ether oxygens (including phenoxy) is 2. The molecule has 0 heterocycles. The summed E-state index contributed by atoms with van der Waals surface area (Å²) in [5.41, 5.74) is -0.879. The van der Waals surface area contributed by atoms with Gasteiger partial charge < -0.3 is 14.6 Å². The van der Waals surface area contributed by atoms with Gasteiger partial charge in [0.15, 0.2) is 0 Å². The maximum Gasteiger partial charge on any atom is 0.338 e. The highest BCUT2D eigenvalue weighted by Crippen LogP contribution is 2.76. The number of carbonyl (C=O) groups excluding carboxylic acids is 2. The van der Waals surface area contributed by atoms with Crippen molar-refractivity contribution in [3.63, 3.8) is 0 Å². The van der Waals surface area contributed by atoms with Crippen molar-refractivity contribution in [2.45, 2.75) is 91.3 Å². The monoisotopic (exact) mass is 482 g/mol. The Labute approximate surface area is 207 Å². The Morgan fingerprint density at radius 2 is 1.66 bits per heavy atom. The van der Waals surface area contributed by atoms with Crippen LogP contribution in [0.3, 0.4) is 0 Å². The predicted octanol–water partition coefficient (Wildman–Crippen LogP) is 5.64. The number of benzene rings is 1. The van der Waals surface area contributed by atoms with Gasteiger partial charge in [-0.3, -0.25) is 9.59 Å². The summed E-state index contributed by atoms with van der Waals surface area (Å²) in [4.78, 5) is 37.9. The van der Waals surface area contributed by atoms with E-state index in [-0.39, 0.29) is 40.2 Å². The van der Waals surface area contributed by atoms with Gasteiger partial charge in [0.25, 0.3) is 0 Å². The van der Waals surface area contributed by atoms with E-state index in [9.17, 15) is 19.5 Å². The van der Waals surface area contributed by atoms with Crippen LogP contribution in [0.5, 0.6) is 0 Å². The third-order valence-electron chi connectivity index (χ3n) is 10.8. The van der Waals surface area contributed by atoms with E-state index in [4.69, 9.17) is 9.47 Å². The Bertz CT molecular complexity index is 1040. The number of carboxylic acids is 1. The number of fused-ring (bicyclic) bond motifs is 2. The zero-order valence-corrected chi connectivity index (χ0v) is 21.3. The highest BCUT2D eigenvalue weighted by atomic mass is 16.5. The van der Waals surface area contributed by atoms with E-state index in [0.717, 1.165) is 38.5 Å². The third-order valence-corrected chi connectivity index (χ3v) is 10.8. The molecule has 1 aromatic carbocycles. The Morgan fingerprint density at radius 3 is 2.31 bits per heavy atom. The number of rotatable bonds is 4. The summed E-state index contributed by atoms with van der Waals surface area (Å²) in [6.45, 7) is 7.87. The highest BCUT2D eigenvalue weighted by Gasteiger charge is 2.73. The van der Waals surface area contributed by atoms with Gasteiger partial charge >= 0.3 is 17.9 Å². The van der Waals surface area contributed by atoms with Crippen molar-refractivity contribution in [3.8, 4) is 0 Å². The van der Waals surface area contributed by atoms with Gasteiger partial charge in [0, 0.05) is 18.3 Å². The molecular weight excluding hydrogens is 444 g/mol. The van der Waals surface area contributed by atoms with E-state index < -0.39 is 23.5 Å². The van der Waals surface area contributed by atoms with Crippen molar-refractivity contribution in [1.29, 1.82) is 0 Å². The molecule has 0 aliphatic heterocycles. The number of carbonyl (C=O) groups is 3. The molecule has 4 aliphatic carbocycles. The molecule has 4 fully saturated rings. The predicted molar refractivity (Wildman–Crippen MR) is 130 cm³/mol. The van der Waals surface area contributed by atoms with Crippen molar-refractivity contribution >= 4 is 17.9 Å². The first kappa shape index (κ1) is 24.3. The molecule has 6 nitrogen and oxygen atoms in total. The number of hydrogen-bond acceptors (Lipinski definition) is 5. The summed E-state index contributed by atoms with van der Waals surface area (Å²) in [5.74, 6) is -1.49. The van der Waals surface area contributed by atoms with Gasteiger partial charge in [-0.15, -0.1) is 0 Å². The van der Waals surface area contributed by atoms with Gasteiger partial charge in [0.2, 0.25) is 0 Å². The molecule has 1 N–H and O–H groups in total. The maximum absolute atomic E-state index is 13.2. The van der Waals surface area contributed by atoms with E-state index in [1.54, 1.807) is 12.1 Å². The van der Waals surface area contributed by atoms with E-state index in [0.29, 0.717) is 18.4 Å². The molecule has 0 radical (unpaired) electrons. The molecule has 5 rings (SSSR count). The Kier molecular flexibility index (Phi) is 5.61. The van der Waals surface area contributed by atoms with Crippen molar-refractivity contribution in [3.05, 3.63) is 35.9 Å². The van der Waals surface area contributed by atoms with E-state index in [2.05, 4.69) is 13.8 Å². The summed E-state index contributed by atoms with van der Waals surface area (Å²) in [5, 5.41) is 10.5. The lowest BCUT2D eigenvalue weighted by molar-refractivity contribution is -0.235. The van der Waals surface area contributed by atoms with Crippen LogP contribution in [-0.2, 0) is 19.1 Å². The normalized spacial score (nSPS) is 44.0. The van der Waals surface area contributed by atoms with Crippen LogP contribution in [0, 0.1) is 33.5 Å². The number of esters is 2. The maximum atomic E-state index is 13.2. The summed E-state index contributed by atoms with van der Waals surface area (Å²) < 4.78 is 12.1. The largest absolute Gasteiger partial charge is 0.481 e. The lowest BCUT2D eigenvalue weighted by Gasteiger charge is -2.67. The summed E-state index contributed by atoms with van der Waals surface area (Å²) in [6.07, 6.45) is 6.03. The van der Waals surface area contributed by atoms with Gasteiger partial charge in [-0.05, 0) is 80.8 Å².